The van der Waals surface area contributed by atoms with Crippen LogP contribution in [0, 0.1) is 13.8 Å². The molecule has 42 heavy (non-hydrogen) atoms. The zero-order chi connectivity index (χ0) is 28.8. The third-order valence-electron chi connectivity index (χ3n) is 7.75. The van der Waals surface area contributed by atoms with Crippen molar-refractivity contribution in [1.82, 2.24) is 29.6 Å². The predicted octanol–water partition coefficient (Wildman–Crippen LogP) is 6.59. The van der Waals surface area contributed by atoms with Gasteiger partial charge in [0.2, 0.25) is 5.91 Å². The van der Waals surface area contributed by atoms with Gasteiger partial charge in [-0.3, -0.25) is 4.79 Å². The maximum atomic E-state index is 13.0. The van der Waals surface area contributed by atoms with E-state index in [9.17, 15) is 4.79 Å². The number of fused-ring (bicyclic) bond motifs is 1. The molecule has 0 bridgehead atoms. The van der Waals surface area contributed by atoms with Crippen LogP contribution in [0.3, 0.4) is 0 Å². The van der Waals surface area contributed by atoms with Crippen LogP contribution in [0.4, 0.5) is 0 Å². The predicted molar refractivity (Wildman–Crippen MR) is 164 cm³/mol. The van der Waals surface area contributed by atoms with E-state index in [0.29, 0.717) is 6.42 Å². The number of hydrazone groups is 1. The molecule has 1 atom stereocenters. The topological polar surface area (TPSA) is 81.2 Å². The molecule has 8 heteroatoms. The van der Waals surface area contributed by atoms with E-state index in [0.717, 1.165) is 61.9 Å². The van der Waals surface area contributed by atoms with Gasteiger partial charge >= 0.3 is 0 Å². The molecule has 4 heterocycles. The normalized spacial score (nSPS) is 14.9. The quantitative estimate of drug-likeness (QED) is 0.242. The van der Waals surface area contributed by atoms with Crippen molar-refractivity contribution < 1.29 is 4.79 Å². The molecule has 0 saturated carbocycles. The second-order valence-corrected chi connectivity index (χ2v) is 10.5. The van der Waals surface area contributed by atoms with Crippen LogP contribution in [0.25, 0.3) is 33.7 Å². The molecule has 1 amide bonds. The Morgan fingerprint density at radius 1 is 0.810 bits per heavy atom. The highest BCUT2D eigenvalue weighted by molar-refractivity contribution is 6.06. The molecule has 3 aromatic heterocycles. The van der Waals surface area contributed by atoms with Crippen LogP contribution >= 0.6 is 0 Å². The summed E-state index contributed by atoms with van der Waals surface area (Å²) in [6.07, 6.45) is 2.57. The standard InChI is InChI=1S/C34H29N7O/c1-22-28(19-29-23(2)36-41(34(29)35-22)27-17-11-6-12-18-27)31-20-32(40(37-31)24(3)42)30-21-39(26-15-9-5-10-16-26)38-33(30)25-13-7-4-8-14-25/h4-19,21,32H,20H2,1-3H3. The molecule has 1 aliphatic rings. The summed E-state index contributed by atoms with van der Waals surface area (Å²) in [5, 5.41) is 17.2. The number of carbonyl (C=O) groups excluding carboxylic acids is 1. The van der Waals surface area contributed by atoms with Crippen LogP contribution in [-0.2, 0) is 4.79 Å². The summed E-state index contributed by atoms with van der Waals surface area (Å²) in [6, 6.07) is 31.9. The van der Waals surface area contributed by atoms with Gasteiger partial charge in [-0.1, -0.05) is 66.7 Å². The summed E-state index contributed by atoms with van der Waals surface area (Å²) in [4.78, 5) is 18.0. The fraction of sp³-hybridized carbons (Fsp3) is 0.147. The molecule has 0 spiro atoms. The number of aromatic nitrogens is 5. The summed E-state index contributed by atoms with van der Waals surface area (Å²) in [5.41, 5.74) is 8.94. The first-order chi connectivity index (χ1) is 20.5. The molecular formula is C34H29N7O. The molecule has 0 fully saturated rings. The first-order valence-electron chi connectivity index (χ1n) is 14.0. The second kappa shape index (κ2) is 10.2. The number of para-hydroxylation sites is 2. The summed E-state index contributed by atoms with van der Waals surface area (Å²) in [5.74, 6) is -0.124. The lowest BCUT2D eigenvalue weighted by Gasteiger charge is -2.20. The van der Waals surface area contributed by atoms with E-state index in [1.54, 1.807) is 11.9 Å². The van der Waals surface area contributed by atoms with Crippen LogP contribution < -0.4 is 0 Å². The van der Waals surface area contributed by atoms with E-state index in [2.05, 4.69) is 6.07 Å². The van der Waals surface area contributed by atoms with E-state index in [-0.39, 0.29) is 11.9 Å². The second-order valence-electron chi connectivity index (χ2n) is 10.5. The van der Waals surface area contributed by atoms with E-state index in [4.69, 9.17) is 20.3 Å². The molecule has 3 aromatic carbocycles. The Hall–Kier alpha value is -5.37. The Morgan fingerprint density at radius 2 is 1.45 bits per heavy atom. The zero-order valence-electron chi connectivity index (χ0n) is 23.6. The Labute approximate surface area is 243 Å². The Bertz CT molecular complexity index is 1960. The number of hydrogen-bond donors (Lipinski definition) is 0. The van der Waals surface area contributed by atoms with Crippen molar-refractivity contribution in [2.75, 3.05) is 0 Å². The van der Waals surface area contributed by atoms with Crippen molar-refractivity contribution in [3.63, 3.8) is 0 Å². The van der Waals surface area contributed by atoms with Gasteiger partial charge in [-0.2, -0.15) is 15.3 Å². The SMILES string of the molecule is CC(=O)N1N=C(c2cc3c(C)nn(-c4ccccc4)c3nc2C)CC1c1cn(-c2ccccc2)nc1-c1ccccc1. The van der Waals surface area contributed by atoms with Crippen molar-refractivity contribution >= 4 is 22.7 Å². The van der Waals surface area contributed by atoms with Crippen LogP contribution in [0.2, 0.25) is 0 Å². The summed E-state index contributed by atoms with van der Waals surface area (Å²) >= 11 is 0. The minimum Gasteiger partial charge on any atom is -0.273 e. The lowest BCUT2D eigenvalue weighted by molar-refractivity contribution is -0.130. The Balaban J connectivity index is 1.32. The fourth-order valence-corrected chi connectivity index (χ4v) is 5.68. The number of benzene rings is 3. The van der Waals surface area contributed by atoms with Gasteiger partial charge in [0.1, 0.15) is 0 Å². The van der Waals surface area contributed by atoms with Gasteiger partial charge in [-0.15, -0.1) is 0 Å². The summed E-state index contributed by atoms with van der Waals surface area (Å²) < 4.78 is 3.76. The highest BCUT2D eigenvalue weighted by Crippen LogP contribution is 2.39. The molecule has 0 radical (unpaired) electrons. The van der Waals surface area contributed by atoms with E-state index >= 15 is 0 Å². The molecule has 1 aliphatic heterocycles. The third kappa shape index (κ3) is 4.37. The molecule has 0 saturated heterocycles. The van der Waals surface area contributed by atoms with Gasteiger partial charge in [0.05, 0.1) is 34.5 Å². The maximum Gasteiger partial charge on any atom is 0.240 e. The van der Waals surface area contributed by atoms with E-state index in [1.165, 1.54) is 0 Å². The molecule has 6 aromatic rings. The molecule has 7 rings (SSSR count). The number of pyridine rings is 1. The fourth-order valence-electron chi connectivity index (χ4n) is 5.68. The Kier molecular flexibility index (Phi) is 6.23. The third-order valence-corrected chi connectivity index (χ3v) is 7.75. The molecule has 8 nitrogen and oxygen atoms in total. The summed E-state index contributed by atoms with van der Waals surface area (Å²) in [7, 11) is 0. The van der Waals surface area contributed by atoms with Crippen LogP contribution in [-0.4, -0.2) is 41.2 Å². The van der Waals surface area contributed by atoms with E-state index < -0.39 is 0 Å². The number of amides is 1. The molecular weight excluding hydrogens is 522 g/mol. The molecule has 206 valence electrons. The van der Waals surface area contributed by atoms with Crippen molar-refractivity contribution in [2.45, 2.75) is 33.2 Å². The average molecular weight is 552 g/mol. The largest absolute Gasteiger partial charge is 0.273 e. The van der Waals surface area contributed by atoms with Crippen LogP contribution in [0.5, 0.6) is 0 Å². The van der Waals surface area contributed by atoms with Gasteiger partial charge in [0.15, 0.2) is 5.65 Å². The molecule has 0 N–H and O–H groups in total. The van der Waals surface area contributed by atoms with Gasteiger partial charge in [-0.25, -0.2) is 19.4 Å². The minimum atomic E-state index is -0.312. The lowest BCUT2D eigenvalue weighted by atomic mass is 9.95. The van der Waals surface area contributed by atoms with E-state index in [1.807, 2.05) is 120 Å². The number of hydrogen-bond acceptors (Lipinski definition) is 5. The number of rotatable bonds is 5. The lowest BCUT2D eigenvalue weighted by Crippen LogP contribution is -2.24. The van der Waals surface area contributed by atoms with Crippen molar-refractivity contribution in [1.29, 1.82) is 0 Å². The van der Waals surface area contributed by atoms with Crippen LogP contribution in [0.1, 0.15) is 41.9 Å². The van der Waals surface area contributed by atoms with Gasteiger partial charge in [0.25, 0.3) is 0 Å². The van der Waals surface area contributed by atoms with Gasteiger partial charge in [-0.05, 0) is 44.2 Å². The van der Waals surface area contributed by atoms with Gasteiger partial charge in [0, 0.05) is 47.3 Å². The smallest absolute Gasteiger partial charge is 0.240 e. The highest BCUT2D eigenvalue weighted by atomic mass is 16.2. The Morgan fingerprint density at radius 3 is 2.12 bits per heavy atom. The number of aryl methyl sites for hydroxylation is 2. The first kappa shape index (κ1) is 25.6. The van der Waals surface area contributed by atoms with Gasteiger partial charge < -0.3 is 0 Å². The maximum absolute atomic E-state index is 13.0. The average Bonchev–Trinajstić information content (AvgIpc) is 3.74. The van der Waals surface area contributed by atoms with Crippen molar-refractivity contribution in [3.05, 3.63) is 126 Å². The molecule has 0 aliphatic carbocycles. The highest BCUT2D eigenvalue weighted by Gasteiger charge is 2.35. The van der Waals surface area contributed by atoms with Crippen molar-refractivity contribution in [2.24, 2.45) is 5.10 Å². The monoisotopic (exact) mass is 551 g/mol. The number of carbonyl (C=O) groups is 1. The van der Waals surface area contributed by atoms with Crippen molar-refractivity contribution in [3.8, 4) is 22.6 Å². The first-order valence-corrected chi connectivity index (χ1v) is 14.0. The number of nitrogens with zero attached hydrogens (tertiary/aromatic N) is 7. The zero-order valence-corrected chi connectivity index (χ0v) is 23.6. The van der Waals surface area contributed by atoms with Crippen LogP contribution in [0.15, 0.2) is 108 Å². The minimum absolute atomic E-state index is 0.124. The summed E-state index contributed by atoms with van der Waals surface area (Å²) in [6.45, 7) is 5.54. The molecule has 1 unspecified atom stereocenters.